The Labute approximate surface area is 173 Å². The first kappa shape index (κ1) is 20.8. The molecule has 0 saturated carbocycles. The summed E-state index contributed by atoms with van der Waals surface area (Å²) in [5.74, 6) is 0.0473. The smallest absolute Gasteiger partial charge is 0.276 e. The topological polar surface area (TPSA) is 102 Å². The predicted molar refractivity (Wildman–Crippen MR) is 113 cm³/mol. The van der Waals surface area contributed by atoms with Crippen LogP contribution in [0.1, 0.15) is 16.1 Å². The number of carbonyl (C=O) groups excluding carboxylic acids is 2. The van der Waals surface area contributed by atoms with E-state index in [-0.39, 0.29) is 36.7 Å². The van der Waals surface area contributed by atoms with Crippen LogP contribution in [0.2, 0.25) is 0 Å². The lowest BCUT2D eigenvalue weighted by atomic mass is 10.1. The molecule has 8 heteroatoms. The van der Waals surface area contributed by atoms with E-state index in [1.165, 1.54) is 16.8 Å². The fraction of sp³-hybridized carbons (Fsp3) is 0.182. The maximum Gasteiger partial charge on any atom is 0.276 e. The van der Waals surface area contributed by atoms with E-state index in [2.05, 4.69) is 15.7 Å². The number of amides is 2. The van der Waals surface area contributed by atoms with Gasteiger partial charge in [0.15, 0.2) is 0 Å². The van der Waals surface area contributed by atoms with Crippen molar-refractivity contribution < 1.29 is 14.3 Å². The number of aromatic nitrogens is 2. The van der Waals surface area contributed by atoms with Crippen molar-refractivity contribution in [2.75, 3.05) is 19.0 Å². The van der Waals surface area contributed by atoms with Gasteiger partial charge in [-0.3, -0.25) is 14.4 Å². The summed E-state index contributed by atoms with van der Waals surface area (Å²) in [6, 6.07) is 18.9. The molecule has 0 unspecified atom stereocenters. The zero-order chi connectivity index (χ0) is 21.3. The van der Waals surface area contributed by atoms with Gasteiger partial charge >= 0.3 is 0 Å². The van der Waals surface area contributed by atoms with Crippen LogP contribution in [-0.4, -0.2) is 35.2 Å². The number of nitrogens with one attached hydrogen (secondary N) is 2. The normalized spacial score (nSPS) is 10.3. The number of hydrogen-bond donors (Lipinski definition) is 2. The zero-order valence-electron chi connectivity index (χ0n) is 16.5. The summed E-state index contributed by atoms with van der Waals surface area (Å²) in [5, 5.41) is 9.45. The molecule has 0 fully saturated rings. The molecular weight excluding hydrogens is 384 g/mol. The molecule has 1 aromatic heterocycles. The highest BCUT2D eigenvalue weighted by atomic mass is 16.5. The molecule has 154 valence electrons. The number of benzene rings is 2. The molecule has 2 N–H and O–H groups in total. The fourth-order valence-corrected chi connectivity index (χ4v) is 2.74. The van der Waals surface area contributed by atoms with E-state index in [1.54, 1.807) is 31.3 Å². The fourth-order valence-electron chi connectivity index (χ4n) is 2.74. The third kappa shape index (κ3) is 5.54. The van der Waals surface area contributed by atoms with Crippen molar-refractivity contribution in [2.45, 2.75) is 13.0 Å². The van der Waals surface area contributed by atoms with Gasteiger partial charge in [0, 0.05) is 18.8 Å². The highest BCUT2D eigenvalue weighted by molar-refractivity contribution is 6.03. The van der Waals surface area contributed by atoms with E-state index in [4.69, 9.17) is 4.74 Å². The Bertz CT molecular complexity index is 1080. The standard InChI is InChI=1S/C22H22N4O4/c1-23-20(27)15-16-7-5-6-10-18(16)24-22(29)19-11-12-21(28)26(25-19)13-14-30-17-8-3-2-4-9-17/h2-12H,13-15H2,1H3,(H,23,27)(H,24,29). The number of rotatable bonds is 8. The van der Waals surface area contributed by atoms with E-state index in [0.29, 0.717) is 17.0 Å². The summed E-state index contributed by atoms with van der Waals surface area (Å²) in [5.41, 5.74) is 0.945. The van der Waals surface area contributed by atoms with Gasteiger partial charge in [-0.15, -0.1) is 0 Å². The highest BCUT2D eigenvalue weighted by Gasteiger charge is 2.13. The summed E-state index contributed by atoms with van der Waals surface area (Å²) >= 11 is 0. The minimum Gasteiger partial charge on any atom is -0.492 e. The predicted octanol–water partition coefficient (Wildman–Crippen LogP) is 1.86. The van der Waals surface area contributed by atoms with Gasteiger partial charge < -0.3 is 15.4 Å². The number of hydrogen-bond acceptors (Lipinski definition) is 5. The summed E-state index contributed by atoms with van der Waals surface area (Å²) < 4.78 is 6.77. The van der Waals surface area contributed by atoms with Crippen LogP contribution in [0.3, 0.4) is 0 Å². The first-order valence-corrected chi connectivity index (χ1v) is 9.42. The molecule has 0 bridgehead atoms. The van der Waals surface area contributed by atoms with E-state index < -0.39 is 5.91 Å². The van der Waals surface area contributed by atoms with Crippen LogP contribution in [-0.2, 0) is 17.8 Å². The number of nitrogens with zero attached hydrogens (tertiary/aromatic N) is 2. The maximum absolute atomic E-state index is 12.7. The van der Waals surface area contributed by atoms with Gasteiger partial charge in [0.2, 0.25) is 5.91 Å². The van der Waals surface area contributed by atoms with Crippen LogP contribution >= 0.6 is 0 Å². The molecule has 3 aromatic rings. The lowest BCUT2D eigenvalue weighted by Crippen LogP contribution is -2.28. The van der Waals surface area contributed by atoms with Crippen molar-refractivity contribution in [3.05, 3.63) is 88.3 Å². The number of likely N-dealkylation sites (N-methyl/N-ethyl adjacent to an activating group) is 1. The highest BCUT2D eigenvalue weighted by Crippen LogP contribution is 2.16. The first-order valence-electron chi connectivity index (χ1n) is 9.42. The Morgan fingerprint density at radius 2 is 1.73 bits per heavy atom. The molecule has 0 radical (unpaired) electrons. The number of ether oxygens (including phenoxy) is 1. The van der Waals surface area contributed by atoms with E-state index in [0.717, 1.165) is 0 Å². The van der Waals surface area contributed by atoms with Crippen LogP contribution in [0.4, 0.5) is 5.69 Å². The second-order valence-corrected chi connectivity index (χ2v) is 6.40. The van der Waals surface area contributed by atoms with Crippen LogP contribution in [0, 0.1) is 0 Å². The Hall–Kier alpha value is -3.94. The van der Waals surface area contributed by atoms with Crippen molar-refractivity contribution in [1.29, 1.82) is 0 Å². The quantitative estimate of drug-likeness (QED) is 0.595. The van der Waals surface area contributed by atoms with E-state index >= 15 is 0 Å². The molecule has 0 atom stereocenters. The van der Waals surface area contributed by atoms with Crippen LogP contribution in [0.5, 0.6) is 5.75 Å². The van der Waals surface area contributed by atoms with Gasteiger partial charge in [0.25, 0.3) is 11.5 Å². The molecule has 8 nitrogen and oxygen atoms in total. The summed E-state index contributed by atoms with van der Waals surface area (Å²) in [6.07, 6.45) is 0.136. The van der Waals surface area contributed by atoms with Gasteiger partial charge in [0.05, 0.1) is 13.0 Å². The molecule has 3 rings (SSSR count). The van der Waals surface area contributed by atoms with Crippen molar-refractivity contribution in [2.24, 2.45) is 0 Å². The Morgan fingerprint density at radius 1 is 1.00 bits per heavy atom. The number of para-hydroxylation sites is 2. The lowest BCUT2D eigenvalue weighted by molar-refractivity contribution is -0.119. The zero-order valence-corrected chi connectivity index (χ0v) is 16.5. The first-order chi connectivity index (χ1) is 14.6. The second-order valence-electron chi connectivity index (χ2n) is 6.40. The number of anilines is 1. The third-order valence-corrected chi connectivity index (χ3v) is 4.31. The van der Waals surface area contributed by atoms with Gasteiger partial charge in [-0.25, -0.2) is 4.68 Å². The lowest BCUT2D eigenvalue weighted by Gasteiger charge is -2.11. The Balaban J connectivity index is 1.69. The number of carbonyl (C=O) groups is 2. The minimum atomic E-state index is -0.475. The Kier molecular flexibility index (Phi) is 6.94. The maximum atomic E-state index is 12.7. The monoisotopic (exact) mass is 406 g/mol. The molecule has 0 spiro atoms. The average Bonchev–Trinajstić information content (AvgIpc) is 2.77. The molecule has 0 aliphatic rings. The van der Waals surface area contributed by atoms with Crippen LogP contribution < -0.4 is 20.9 Å². The van der Waals surface area contributed by atoms with Gasteiger partial charge in [-0.1, -0.05) is 36.4 Å². The van der Waals surface area contributed by atoms with Gasteiger partial charge in [0.1, 0.15) is 18.1 Å². The molecule has 0 aliphatic carbocycles. The second kappa shape index (κ2) is 10.0. The molecular formula is C22H22N4O4. The van der Waals surface area contributed by atoms with E-state index in [9.17, 15) is 14.4 Å². The summed E-state index contributed by atoms with van der Waals surface area (Å²) in [7, 11) is 1.55. The SMILES string of the molecule is CNC(=O)Cc1ccccc1NC(=O)c1ccc(=O)n(CCOc2ccccc2)n1. The van der Waals surface area contributed by atoms with Crippen molar-refractivity contribution in [3.63, 3.8) is 0 Å². The third-order valence-electron chi connectivity index (χ3n) is 4.31. The summed E-state index contributed by atoms with van der Waals surface area (Å²) in [4.78, 5) is 36.4. The molecule has 30 heavy (non-hydrogen) atoms. The van der Waals surface area contributed by atoms with Crippen LogP contribution in [0.15, 0.2) is 71.5 Å². The molecule has 1 heterocycles. The average molecular weight is 406 g/mol. The van der Waals surface area contributed by atoms with Crippen LogP contribution in [0.25, 0.3) is 0 Å². The van der Waals surface area contributed by atoms with Crippen molar-refractivity contribution >= 4 is 17.5 Å². The van der Waals surface area contributed by atoms with Crippen molar-refractivity contribution in [3.8, 4) is 5.75 Å². The molecule has 2 aromatic carbocycles. The largest absolute Gasteiger partial charge is 0.492 e. The van der Waals surface area contributed by atoms with Gasteiger partial charge in [-0.2, -0.15) is 5.10 Å². The summed E-state index contributed by atoms with van der Waals surface area (Å²) in [6.45, 7) is 0.430. The van der Waals surface area contributed by atoms with E-state index in [1.807, 2.05) is 30.3 Å². The Morgan fingerprint density at radius 3 is 2.50 bits per heavy atom. The molecule has 0 aliphatic heterocycles. The molecule has 0 saturated heterocycles. The minimum absolute atomic E-state index is 0.0871. The van der Waals surface area contributed by atoms with Gasteiger partial charge in [-0.05, 0) is 29.8 Å². The molecule has 2 amide bonds. The van der Waals surface area contributed by atoms with Crippen molar-refractivity contribution in [1.82, 2.24) is 15.1 Å².